The average Bonchev–Trinajstić information content (AvgIpc) is 3.19. The van der Waals surface area contributed by atoms with E-state index in [1.165, 1.54) is 30.2 Å². The standard InChI is InChI=1S/C20H27N3O6/c1-5-21(12-14(3)20(26)29-4)19(25)17-7-6-10-22(17)18(24)15-8-9-16(23(27)28)13(2)11-15/h8-9,11,14,17H,5-7,10,12H2,1-4H3. The molecular weight excluding hydrogens is 378 g/mol. The molecule has 2 atom stereocenters. The molecule has 0 saturated carbocycles. The molecule has 9 nitrogen and oxygen atoms in total. The van der Waals surface area contributed by atoms with Gasteiger partial charge in [-0.2, -0.15) is 0 Å². The maximum atomic E-state index is 13.1. The summed E-state index contributed by atoms with van der Waals surface area (Å²) in [5.74, 6) is -1.38. The molecule has 1 heterocycles. The number of hydrogen-bond donors (Lipinski definition) is 0. The lowest BCUT2D eigenvalue weighted by atomic mass is 10.1. The van der Waals surface area contributed by atoms with Gasteiger partial charge in [0.25, 0.3) is 11.6 Å². The molecule has 2 unspecified atom stereocenters. The Hall–Kier alpha value is -2.97. The number of nitro groups is 1. The van der Waals surface area contributed by atoms with Crippen LogP contribution in [0.3, 0.4) is 0 Å². The molecule has 1 fully saturated rings. The van der Waals surface area contributed by atoms with Crippen molar-refractivity contribution in [3.8, 4) is 0 Å². The van der Waals surface area contributed by atoms with E-state index in [4.69, 9.17) is 4.74 Å². The van der Waals surface area contributed by atoms with Crippen molar-refractivity contribution in [1.82, 2.24) is 9.80 Å². The molecule has 1 aromatic carbocycles. The molecule has 158 valence electrons. The number of rotatable bonds is 7. The highest BCUT2D eigenvalue weighted by molar-refractivity contribution is 5.98. The van der Waals surface area contributed by atoms with Gasteiger partial charge in [0.05, 0.1) is 18.0 Å². The number of nitro benzene ring substituents is 1. The number of esters is 1. The Bertz CT molecular complexity index is 809. The Balaban J connectivity index is 2.18. The van der Waals surface area contributed by atoms with E-state index in [-0.39, 0.29) is 24.0 Å². The Kier molecular flexibility index (Phi) is 7.30. The van der Waals surface area contributed by atoms with E-state index in [0.717, 1.165) is 0 Å². The van der Waals surface area contributed by atoms with Gasteiger partial charge in [-0.05, 0) is 38.8 Å². The lowest BCUT2D eigenvalue weighted by Gasteiger charge is -2.31. The van der Waals surface area contributed by atoms with Crippen molar-refractivity contribution in [2.45, 2.75) is 39.7 Å². The summed E-state index contributed by atoms with van der Waals surface area (Å²) in [6.07, 6.45) is 1.23. The zero-order valence-corrected chi connectivity index (χ0v) is 17.2. The van der Waals surface area contributed by atoms with Crippen LogP contribution in [0.1, 0.15) is 42.6 Å². The first-order chi connectivity index (χ1) is 13.7. The highest BCUT2D eigenvalue weighted by atomic mass is 16.6. The third kappa shape index (κ3) is 4.90. The van der Waals surface area contributed by atoms with Gasteiger partial charge in [0.15, 0.2) is 0 Å². The molecule has 1 aromatic rings. The summed E-state index contributed by atoms with van der Waals surface area (Å²) < 4.78 is 4.73. The highest BCUT2D eigenvalue weighted by Crippen LogP contribution is 2.25. The van der Waals surface area contributed by atoms with Crippen LogP contribution in [0.2, 0.25) is 0 Å². The molecule has 29 heavy (non-hydrogen) atoms. The lowest BCUT2D eigenvalue weighted by Crippen LogP contribution is -2.49. The van der Waals surface area contributed by atoms with E-state index in [2.05, 4.69) is 0 Å². The van der Waals surface area contributed by atoms with Gasteiger partial charge in [0, 0.05) is 36.8 Å². The summed E-state index contributed by atoms with van der Waals surface area (Å²) >= 11 is 0. The van der Waals surface area contributed by atoms with Crippen molar-refractivity contribution in [3.05, 3.63) is 39.4 Å². The number of nitrogens with zero attached hydrogens (tertiary/aromatic N) is 3. The minimum atomic E-state index is -0.609. The number of aryl methyl sites for hydroxylation is 1. The maximum Gasteiger partial charge on any atom is 0.310 e. The summed E-state index contributed by atoms with van der Waals surface area (Å²) in [7, 11) is 1.31. The van der Waals surface area contributed by atoms with Crippen LogP contribution in [0.5, 0.6) is 0 Å². The minimum Gasteiger partial charge on any atom is -0.469 e. The van der Waals surface area contributed by atoms with Gasteiger partial charge < -0.3 is 14.5 Å². The number of hydrogen-bond acceptors (Lipinski definition) is 6. The van der Waals surface area contributed by atoms with Gasteiger partial charge in [-0.1, -0.05) is 6.92 Å². The van der Waals surface area contributed by atoms with Crippen molar-refractivity contribution in [1.29, 1.82) is 0 Å². The number of benzene rings is 1. The van der Waals surface area contributed by atoms with Crippen LogP contribution in [0.25, 0.3) is 0 Å². The molecule has 0 radical (unpaired) electrons. The quantitative estimate of drug-likeness (QED) is 0.391. The number of carbonyl (C=O) groups excluding carboxylic acids is 3. The molecule has 0 N–H and O–H groups in total. The third-order valence-electron chi connectivity index (χ3n) is 5.23. The zero-order chi connectivity index (χ0) is 21.7. The first-order valence-corrected chi connectivity index (χ1v) is 9.63. The minimum absolute atomic E-state index is 0.0513. The molecule has 0 aromatic heterocycles. The summed E-state index contributed by atoms with van der Waals surface area (Å²) in [6, 6.07) is 3.61. The highest BCUT2D eigenvalue weighted by Gasteiger charge is 2.37. The fourth-order valence-corrected chi connectivity index (χ4v) is 3.62. The normalized spacial score (nSPS) is 17.0. The van der Waals surface area contributed by atoms with Gasteiger partial charge in [-0.25, -0.2) is 0 Å². The van der Waals surface area contributed by atoms with Crippen LogP contribution < -0.4 is 0 Å². The molecule has 1 aliphatic rings. The predicted molar refractivity (Wildman–Crippen MR) is 105 cm³/mol. The number of amides is 2. The van der Waals surface area contributed by atoms with E-state index in [0.29, 0.717) is 37.1 Å². The fourth-order valence-electron chi connectivity index (χ4n) is 3.62. The van der Waals surface area contributed by atoms with Crippen molar-refractivity contribution < 1.29 is 24.0 Å². The van der Waals surface area contributed by atoms with E-state index in [1.807, 2.05) is 6.92 Å². The Labute approximate surface area is 169 Å². The molecular formula is C20H27N3O6. The molecule has 0 aliphatic carbocycles. The van der Waals surface area contributed by atoms with E-state index in [1.54, 1.807) is 18.7 Å². The largest absolute Gasteiger partial charge is 0.469 e. The molecule has 1 saturated heterocycles. The summed E-state index contributed by atoms with van der Waals surface area (Å²) in [5, 5.41) is 11.0. The number of likely N-dealkylation sites (N-methyl/N-ethyl adjacent to an activating group) is 1. The van der Waals surface area contributed by atoms with E-state index >= 15 is 0 Å². The van der Waals surface area contributed by atoms with Gasteiger partial charge in [-0.3, -0.25) is 24.5 Å². The van der Waals surface area contributed by atoms with Crippen LogP contribution in [0.15, 0.2) is 18.2 Å². The topological polar surface area (TPSA) is 110 Å². The smallest absolute Gasteiger partial charge is 0.310 e. The molecule has 2 amide bonds. The second-order valence-electron chi connectivity index (χ2n) is 7.22. The molecule has 0 spiro atoms. The van der Waals surface area contributed by atoms with Crippen molar-refractivity contribution in [3.63, 3.8) is 0 Å². The Morgan fingerprint density at radius 2 is 2.07 bits per heavy atom. The first kappa shape index (κ1) is 22.3. The molecule has 1 aliphatic heterocycles. The lowest BCUT2D eigenvalue weighted by molar-refractivity contribution is -0.385. The number of methoxy groups -OCH3 is 1. The van der Waals surface area contributed by atoms with Gasteiger partial charge in [-0.15, -0.1) is 0 Å². The first-order valence-electron chi connectivity index (χ1n) is 9.63. The summed E-state index contributed by atoms with van der Waals surface area (Å²) in [5.41, 5.74) is 0.661. The molecule has 2 rings (SSSR count). The SMILES string of the molecule is CCN(CC(C)C(=O)OC)C(=O)C1CCCN1C(=O)c1ccc([N+](=O)[O-])c(C)c1. The molecule has 9 heteroatoms. The van der Waals surface area contributed by atoms with Crippen molar-refractivity contribution >= 4 is 23.5 Å². The van der Waals surface area contributed by atoms with Gasteiger partial charge in [0.1, 0.15) is 6.04 Å². The van der Waals surface area contributed by atoms with Gasteiger partial charge in [0.2, 0.25) is 5.91 Å². The van der Waals surface area contributed by atoms with Crippen LogP contribution in [-0.4, -0.2) is 65.3 Å². The summed E-state index contributed by atoms with van der Waals surface area (Å²) in [4.78, 5) is 51.4. The van der Waals surface area contributed by atoms with Gasteiger partial charge >= 0.3 is 5.97 Å². The summed E-state index contributed by atoms with van der Waals surface area (Å²) in [6.45, 7) is 6.16. The van der Waals surface area contributed by atoms with Crippen LogP contribution in [0.4, 0.5) is 5.69 Å². The van der Waals surface area contributed by atoms with Crippen molar-refractivity contribution in [2.24, 2.45) is 5.92 Å². The Morgan fingerprint density at radius 1 is 1.38 bits per heavy atom. The van der Waals surface area contributed by atoms with E-state index < -0.39 is 22.9 Å². The van der Waals surface area contributed by atoms with Crippen LogP contribution in [0, 0.1) is 23.0 Å². The third-order valence-corrected chi connectivity index (χ3v) is 5.23. The second kappa shape index (κ2) is 9.49. The molecule has 0 bridgehead atoms. The Morgan fingerprint density at radius 3 is 2.62 bits per heavy atom. The number of ether oxygens (including phenoxy) is 1. The second-order valence-corrected chi connectivity index (χ2v) is 7.22. The average molecular weight is 405 g/mol. The predicted octanol–water partition coefficient (Wildman–Crippen LogP) is 2.17. The van der Waals surface area contributed by atoms with Crippen LogP contribution in [-0.2, 0) is 14.3 Å². The number of carbonyl (C=O) groups is 3. The maximum absolute atomic E-state index is 13.1. The number of likely N-dealkylation sites (tertiary alicyclic amines) is 1. The monoisotopic (exact) mass is 405 g/mol. The van der Waals surface area contributed by atoms with Crippen molar-refractivity contribution in [2.75, 3.05) is 26.7 Å². The van der Waals surface area contributed by atoms with E-state index in [9.17, 15) is 24.5 Å². The fraction of sp³-hybridized carbons (Fsp3) is 0.550. The van der Waals surface area contributed by atoms with Crippen LogP contribution >= 0.6 is 0 Å². The zero-order valence-electron chi connectivity index (χ0n) is 17.2.